The van der Waals surface area contributed by atoms with E-state index in [1.165, 1.54) is 0 Å². The van der Waals surface area contributed by atoms with Crippen LogP contribution in [0.4, 0.5) is 11.6 Å². The lowest BCUT2D eigenvalue weighted by atomic mass is 10.1. The summed E-state index contributed by atoms with van der Waals surface area (Å²) >= 11 is 0. The van der Waals surface area contributed by atoms with Crippen LogP contribution in [0.25, 0.3) is 5.65 Å². The summed E-state index contributed by atoms with van der Waals surface area (Å²) in [5.74, 6) is 1.21. The molecule has 0 saturated heterocycles. The number of aryl methyl sites for hydroxylation is 2. The quantitative estimate of drug-likeness (QED) is 0.435. The van der Waals surface area contributed by atoms with Crippen LogP contribution in [-0.4, -0.2) is 43.7 Å². The van der Waals surface area contributed by atoms with Gasteiger partial charge in [-0.1, -0.05) is 13.0 Å². The fourth-order valence-corrected chi connectivity index (χ4v) is 3.62. The molecule has 10 nitrogen and oxygen atoms in total. The predicted octanol–water partition coefficient (Wildman–Crippen LogP) is 3.74. The van der Waals surface area contributed by atoms with Crippen molar-refractivity contribution in [3.8, 4) is 11.5 Å². The normalized spacial score (nSPS) is 13.1. The summed E-state index contributed by atoms with van der Waals surface area (Å²) in [7, 11) is 1.72. The Balaban J connectivity index is 1.34. The molecule has 1 saturated carbocycles. The van der Waals surface area contributed by atoms with E-state index >= 15 is 0 Å². The van der Waals surface area contributed by atoms with Gasteiger partial charge in [-0.05, 0) is 56.0 Å². The number of hydrogen-bond acceptors (Lipinski definition) is 6. The Kier molecular flexibility index (Phi) is 5.48. The number of rotatable bonds is 7. The Morgan fingerprint density at radius 2 is 2.00 bits per heavy atom. The molecule has 34 heavy (non-hydrogen) atoms. The molecule has 0 spiro atoms. The van der Waals surface area contributed by atoms with Gasteiger partial charge in [-0.15, -0.1) is 5.10 Å². The van der Waals surface area contributed by atoms with Crippen LogP contribution in [0.3, 0.4) is 0 Å². The number of nitrogens with one attached hydrogen (secondary N) is 2. The second-order valence-electron chi connectivity index (χ2n) is 8.41. The highest BCUT2D eigenvalue weighted by atomic mass is 16.5. The highest BCUT2D eigenvalue weighted by molar-refractivity contribution is 6.05. The zero-order valence-electron chi connectivity index (χ0n) is 19.2. The molecule has 1 aliphatic rings. The molecule has 10 heteroatoms. The SMILES string of the molecule is CCc1cc(C(=O)N(C)c2cc(Oc3ccc4nc(NC(=O)C5CC5)nn4c3)ccc2C)n[nH]1. The van der Waals surface area contributed by atoms with Crippen molar-refractivity contribution in [3.05, 3.63) is 59.5 Å². The first-order chi connectivity index (χ1) is 16.4. The number of aromatic nitrogens is 5. The van der Waals surface area contributed by atoms with E-state index in [-0.39, 0.29) is 23.7 Å². The standard InChI is InChI=1S/C24H25N7O3/c1-4-16-11-19(28-27-16)23(33)30(3)20-12-17(8-5-14(20)2)34-18-9-10-21-25-24(29-31(21)13-18)26-22(32)15-6-7-15/h5,8-13,15H,4,6-7H2,1-3H3,(H,27,28)(H,26,29,32). The Morgan fingerprint density at radius 3 is 2.74 bits per heavy atom. The third-order valence-corrected chi connectivity index (χ3v) is 5.80. The maximum Gasteiger partial charge on any atom is 0.278 e. The van der Waals surface area contributed by atoms with Gasteiger partial charge in [0.15, 0.2) is 11.3 Å². The van der Waals surface area contributed by atoms with Crippen molar-refractivity contribution in [2.24, 2.45) is 5.92 Å². The zero-order valence-corrected chi connectivity index (χ0v) is 19.2. The van der Waals surface area contributed by atoms with Crippen molar-refractivity contribution in [3.63, 3.8) is 0 Å². The topological polar surface area (TPSA) is 118 Å². The van der Waals surface area contributed by atoms with E-state index in [1.54, 1.807) is 40.9 Å². The molecule has 3 heterocycles. The molecule has 1 aliphatic carbocycles. The maximum absolute atomic E-state index is 12.9. The van der Waals surface area contributed by atoms with Crippen molar-refractivity contribution < 1.29 is 14.3 Å². The third kappa shape index (κ3) is 4.34. The van der Waals surface area contributed by atoms with Gasteiger partial charge in [-0.25, -0.2) is 4.52 Å². The summed E-state index contributed by atoms with van der Waals surface area (Å²) in [6, 6.07) is 10.9. The molecular weight excluding hydrogens is 434 g/mol. The van der Waals surface area contributed by atoms with Gasteiger partial charge in [0, 0.05) is 24.7 Å². The second kappa shape index (κ2) is 8.62. The van der Waals surface area contributed by atoms with Crippen molar-refractivity contribution in [2.45, 2.75) is 33.1 Å². The average Bonchev–Trinajstić information content (AvgIpc) is 3.45. The summed E-state index contributed by atoms with van der Waals surface area (Å²) < 4.78 is 7.60. The van der Waals surface area contributed by atoms with Crippen LogP contribution in [0.15, 0.2) is 42.6 Å². The molecular formula is C24H25N7O3. The average molecular weight is 460 g/mol. The minimum atomic E-state index is -0.207. The van der Waals surface area contributed by atoms with E-state index in [9.17, 15) is 9.59 Å². The van der Waals surface area contributed by atoms with Gasteiger partial charge in [0.1, 0.15) is 11.5 Å². The second-order valence-corrected chi connectivity index (χ2v) is 8.41. The maximum atomic E-state index is 12.9. The van der Waals surface area contributed by atoms with Crippen molar-refractivity contribution in [1.29, 1.82) is 0 Å². The predicted molar refractivity (Wildman–Crippen MR) is 126 cm³/mol. The number of fused-ring (bicyclic) bond motifs is 1. The molecule has 2 amide bonds. The molecule has 0 radical (unpaired) electrons. The Hall–Kier alpha value is -4.21. The summed E-state index contributed by atoms with van der Waals surface area (Å²) in [6.07, 6.45) is 4.30. The van der Waals surface area contributed by atoms with Crippen molar-refractivity contribution >= 4 is 29.1 Å². The number of amides is 2. The summed E-state index contributed by atoms with van der Waals surface area (Å²) in [4.78, 5) is 30.8. The Bertz CT molecular complexity index is 1390. The van der Waals surface area contributed by atoms with E-state index in [4.69, 9.17) is 4.74 Å². The smallest absolute Gasteiger partial charge is 0.278 e. The van der Waals surface area contributed by atoms with Crippen LogP contribution >= 0.6 is 0 Å². The molecule has 0 atom stereocenters. The van der Waals surface area contributed by atoms with Crippen LogP contribution in [0.1, 0.15) is 41.5 Å². The van der Waals surface area contributed by atoms with E-state index in [0.29, 0.717) is 22.8 Å². The van der Waals surface area contributed by atoms with Crippen LogP contribution in [0.2, 0.25) is 0 Å². The van der Waals surface area contributed by atoms with Gasteiger partial charge in [0.25, 0.3) is 5.91 Å². The first-order valence-corrected chi connectivity index (χ1v) is 11.2. The molecule has 1 aromatic carbocycles. The summed E-state index contributed by atoms with van der Waals surface area (Å²) in [6.45, 7) is 3.93. The first-order valence-electron chi connectivity index (χ1n) is 11.2. The number of ether oxygens (including phenoxy) is 1. The number of aromatic amines is 1. The van der Waals surface area contributed by atoms with Crippen molar-refractivity contribution in [2.75, 3.05) is 17.3 Å². The van der Waals surface area contributed by atoms with Gasteiger partial charge < -0.3 is 9.64 Å². The largest absolute Gasteiger partial charge is 0.456 e. The number of hydrogen-bond donors (Lipinski definition) is 2. The van der Waals surface area contributed by atoms with Crippen molar-refractivity contribution in [1.82, 2.24) is 24.8 Å². The Labute approximate surface area is 195 Å². The number of carbonyl (C=O) groups excluding carboxylic acids is 2. The number of nitrogens with zero attached hydrogens (tertiary/aromatic N) is 5. The molecule has 1 fully saturated rings. The van der Waals surface area contributed by atoms with Crippen LogP contribution in [-0.2, 0) is 11.2 Å². The molecule has 0 bridgehead atoms. The lowest BCUT2D eigenvalue weighted by molar-refractivity contribution is -0.117. The molecule has 4 aromatic rings. The molecule has 174 valence electrons. The number of anilines is 2. The lowest BCUT2D eigenvalue weighted by Crippen LogP contribution is -2.27. The van der Waals surface area contributed by atoms with Gasteiger partial charge in [-0.3, -0.25) is 20.0 Å². The van der Waals surface area contributed by atoms with Crippen LogP contribution in [0.5, 0.6) is 11.5 Å². The lowest BCUT2D eigenvalue weighted by Gasteiger charge is -2.19. The van der Waals surface area contributed by atoms with Gasteiger partial charge in [-0.2, -0.15) is 10.1 Å². The minimum Gasteiger partial charge on any atom is -0.456 e. The number of pyridine rings is 1. The molecule has 2 N–H and O–H groups in total. The van der Waals surface area contributed by atoms with Crippen LogP contribution < -0.4 is 15.0 Å². The molecule has 0 unspecified atom stereocenters. The van der Waals surface area contributed by atoms with Gasteiger partial charge >= 0.3 is 0 Å². The molecule has 5 rings (SSSR count). The van der Waals surface area contributed by atoms with E-state index in [0.717, 1.165) is 36.2 Å². The number of carbonyl (C=O) groups is 2. The fraction of sp³-hybridized carbons (Fsp3) is 0.292. The highest BCUT2D eigenvalue weighted by Crippen LogP contribution is 2.31. The molecule has 3 aromatic heterocycles. The molecule has 0 aliphatic heterocycles. The van der Waals surface area contributed by atoms with Gasteiger partial charge in [0.05, 0.1) is 11.9 Å². The van der Waals surface area contributed by atoms with E-state index < -0.39 is 0 Å². The Morgan fingerprint density at radius 1 is 1.21 bits per heavy atom. The van der Waals surface area contributed by atoms with Crippen LogP contribution in [0, 0.1) is 12.8 Å². The van der Waals surface area contributed by atoms with Gasteiger partial charge in [0.2, 0.25) is 11.9 Å². The highest BCUT2D eigenvalue weighted by Gasteiger charge is 2.30. The van der Waals surface area contributed by atoms with E-state index in [2.05, 4.69) is 25.6 Å². The monoisotopic (exact) mass is 459 g/mol. The third-order valence-electron chi connectivity index (χ3n) is 5.80. The summed E-state index contributed by atoms with van der Waals surface area (Å²) in [5, 5.41) is 14.1. The first kappa shape index (κ1) is 21.6. The minimum absolute atomic E-state index is 0.0426. The summed E-state index contributed by atoms with van der Waals surface area (Å²) in [5.41, 5.74) is 3.52. The number of H-pyrrole nitrogens is 1. The fourth-order valence-electron chi connectivity index (χ4n) is 3.62. The number of benzene rings is 1. The zero-order chi connectivity index (χ0) is 23.8. The van der Waals surface area contributed by atoms with E-state index in [1.807, 2.05) is 32.0 Å².